The Morgan fingerprint density at radius 1 is 1.04 bits per heavy atom. The summed E-state index contributed by atoms with van der Waals surface area (Å²) < 4.78 is 1.13. The van der Waals surface area contributed by atoms with Crippen molar-refractivity contribution in [2.75, 3.05) is 18.4 Å². The van der Waals surface area contributed by atoms with Crippen molar-refractivity contribution in [2.45, 2.75) is 19.3 Å². The maximum atomic E-state index is 12.3. The highest BCUT2D eigenvalue weighted by molar-refractivity contribution is 7.21. The lowest BCUT2D eigenvalue weighted by Gasteiger charge is -2.26. The van der Waals surface area contributed by atoms with Crippen molar-refractivity contribution in [3.8, 4) is 10.6 Å². The third-order valence-electron chi connectivity index (χ3n) is 4.30. The predicted molar refractivity (Wildman–Crippen MR) is 99.5 cm³/mol. The number of thiazole rings is 1. The number of piperidine rings is 1. The fourth-order valence-corrected chi connectivity index (χ4v) is 3.96. The van der Waals surface area contributed by atoms with Crippen LogP contribution in [0.3, 0.4) is 0 Å². The number of rotatable bonds is 2. The second-order valence-electron chi connectivity index (χ2n) is 6.05. The fourth-order valence-electron chi connectivity index (χ4n) is 3.01. The second-order valence-corrected chi connectivity index (χ2v) is 7.08. The standard InChI is InChI=1S/C19H19N3OS/c23-19(22-11-5-2-6-12-22)20-15-9-10-17-16(13-15)21-18(24-17)14-7-3-1-4-8-14/h1,3-4,7-10,13H,2,5-6,11-12H2,(H,20,23). The Morgan fingerprint density at radius 3 is 2.62 bits per heavy atom. The van der Waals surface area contributed by atoms with E-state index in [0.29, 0.717) is 0 Å². The molecule has 0 atom stereocenters. The van der Waals surface area contributed by atoms with Crippen LogP contribution in [0.15, 0.2) is 48.5 Å². The van der Waals surface area contributed by atoms with Gasteiger partial charge in [0.1, 0.15) is 5.01 Å². The third kappa shape index (κ3) is 3.12. The number of urea groups is 1. The zero-order chi connectivity index (χ0) is 16.4. The first-order chi connectivity index (χ1) is 11.8. The number of carbonyl (C=O) groups is 1. The zero-order valence-corrected chi connectivity index (χ0v) is 14.2. The molecule has 3 aromatic rings. The molecule has 4 nitrogen and oxygen atoms in total. The summed E-state index contributed by atoms with van der Waals surface area (Å²) in [7, 11) is 0. The van der Waals surface area contributed by atoms with Crippen molar-refractivity contribution < 1.29 is 4.79 Å². The highest BCUT2D eigenvalue weighted by Crippen LogP contribution is 2.31. The van der Waals surface area contributed by atoms with Crippen molar-refractivity contribution in [3.63, 3.8) is 0 Å². The molecule has 1 saturated heterocycles. The molecule has 0 bridgehead atoms. The van der Waals surface area contributed by atoms with Crippen molar-refractivity contribution in [1.82, 2.24) is 9.88 Å². The molecule has 1 aliphatic rings. The maximum Gasteiger partial charge on any atom is 0.321 e. The average molecular weight is 337 g/mol. The van der Waals surface area contributed by atoms with E-state index >= 15 is 0 Å². The van der Waals surface area contributed by atoms with E-state index in [1.54, 1.807) is 11.3 Å². The highest BCUT2D eigenvalue weighted by atomic mass is 32.1. The normalized spacial score (nSPS) is 14.8. The van der Waals surface area contributed by atoms with Crippen LogP contribution < -0.4 is 5.32 Å². The molecule has 1 fully saturated rings. The number of likely N-dealkylation sites (tertiary alicyclic amines) is 1. The first-order valence-corrected chi connectivity index (χ1v) is 9.13. The third-order valence-corrected chi connectivity index (χ3v) is 5.39. The number of aromatic nitrogens is 1. The Balaban J connectivity index is 1.56. The molecule has 2 aromatic carbocycles. The lowest BCUT2D eigenvalue weighted by molar-refractivity contribution is 0.200. The van der Waals surface area contributed by atoms with Crippen LogP contribution in [0.1, 0.15) is 19.3 Å². The monoisotopic (exact) mass is 337 g/mol. The van der Waals surface area contributed by atoms with Crippen LogP contribution in [0, 0.1) is 0 Å². The van der Waals surface area contributed by atoms with E-state index < -0.39 is 0 Å². The van der Waals surface area contributed by atoms with Crippen molar-refractivity contribution >= 4 is 33.3 Å². The molecule has 5 heteroatoms. The van der Waals surface area contributed by atoms with Crippen molar-refractivity contribution in [3.05, 3.63) is 48.5 Å². The van der Waals surface area contributed by atoms with Gasteiger partial charge in [-0.05, 0) is 37.5 Å². The number of hydrogen-bond acceptors (Lipinski definition) is 3. The largest absolute Gasteiger partial charge is 0.325 e. The molecule has 0 aliphatic carbocycles. The molecule has 122 valence electrons. The van der Waals surface area contributed by atoms with Gasteiger partial charge >= 0.3 is 6.03 Å². The van der Waals surface area contributed by atoms with Gasteiger partial charge in [0, 0.05) is 24.3 Å². The van der Waals surface area contributed by atoms with Crippen LogP contribution in [-0.2, 0) is 0 Å². The molecule has 0 spiro atoms. The van der Waals surface area contributed by atoms with Crippen LogP contribution in [0.2, 0.25) is 0 Å². The lowest BCUT2D eigenvalue weighted by atomic mass is 10.1. The van der Waals surface area contributed by atoms with E-state index in [1.807, 2.05) is 41.3 Å². The smallest absolute Gasteiger partial charge is 0.321 e. The zero-order valence-electron chi connectivity index (χ0n) is 13.4. The minimum atomic E-state index is -0.00689. The summed E-state index contributed by atoms with van der Waals surface area (Å²) in [4.78, 5) is 18.9. The quantitative estimate of drug-likeness (QED) is 0.716. The molecular formula is C19H19N3OS. The van der Waals surface area contributed by atoms with Gasteiger partial charge in [-0.15, -0.1) is 11.3 Å². The molecule has 4 rings (SSSR count). The molecule has 0 radical (unpaired) electrons. The predicted octanol–water partition coefficient (Wildman–Crippen LogP) is 4.98. The van der Waals surface area contributed by atoms with Gasteiger partial charge in [0.15, 0.2) is 0 Å². The summed E-state index contributed by atoms with van der Waals surface area (Å²) in [6, 6.07) is 16.1. The SMILES string of the molecule is O=C(Nc1ccc2sc(-c3ccccc3)nc2c1)N1CCCCC1. The van der Waals surface area contributed by atoms with E-state index in [0.717, 1.165) is 52.4 Å². The number of anilines is 1. The van der Waals surface area contributed by atoms with Gasteiger partial charge in [-0.25, -0.2) is 9.78 Å². The van der Waals surface area contributed by atoms with Crippen LogP contribution in [0.5, 0.6) is 0 Å². The maximum absolute atomic E-state index is 12.3. The fraction of sp³-hybridized carbons (Fsp3) is 0.263. The molecule has 1 aliphatic heterocycles. The van der Waals surface area contributed by atoms with Gasteiger partial charge in [-0.1, -0.05) is 30.3 Å². The molecule has 0 saturated carbocycles. The van der Waals surface area contributed by atoms with E-state index in [1.165, 1.54) is 6.42 Å². The number of hydrogen-bond donors (Lipinski definition) is 1. The Morgan fingerprint density at radius 2 is 1.83 bits per heavy atom. The Labute approximate surface area is 145 Å². The van der Waals surface area contributed by atoms with Crippen molar-refractivity contribution in [2.24, 2.45) is 0 Å². The molecule has 1 aromatic heterocycles. The van der Waals surface area contributed by atoms with Gasteiger partial charge in [0.25, 0.3) is 0 Å². The van der Waals surface area contributed by atoms with Gasteiger partial charge in [0.2, 0.25) is 0 Å². The summed E-state index contributed by atoms with van der Waals surface area (Å²) in [5.74, 6) is 0. The number of nitrogens with zero attached hydrogens (tertiary/aromatic N) is 2. The topological polar surface area (TPSA) is 45.2 Å². The lowest BCUT2D eigenvalue weighted by Crippen LogP contribution is -2.38. The minimum absolute atomic E-state index is 0.00689. The van der Waals surface area contributed by atoms with Gasteiger partial charge in [-0.2, -0.15) is 0 Å². The van der Waals surface area contributed by atoms with Crippen molar-refractivity contribution in [1.29, 1.82) is 0 Å². The van der Waals surface area contributed by atoms with E-state index in [-0.39, 0.29) is 6.03 Å². The number of benzene rings is 2. The van der Waals surface area contributed by atoms with Crippen LogP contribution in [0.4, 0.5) is 10.5 Å². The van der Waals surface area contributed by atoms with Crippen LogP contribution in [0.25, 0.3) is 20.8 Å². The average Bonchev–Trinajstić information content (AvgIpc) is 3.06. The highest BCUT2D eigenvalue weighted by Gasteiger charge is 2.16. The van der Waals surface area contributed by atoms with Gasteiger partial charge < -0.3 is 10.2 Å². The minimum Gasteiger partial charge on any atom is -0.325 e. The van der Waals surface area contributed by atoms with E-state index in [4.69, 9.17) is 4.98 Å². The Hall–Kier alpha value is -2.40. The Kier molecular flexibility index (Phi) is 4.17. The number of carbonyl (C=O) groups excluding carboxylic acids is 1. The Bertz CT molecular complexity index is 853. The van der Waals surface area contributed by atoms with E-state index in [2.05, 4.69) is 17.4 Å². The van der Waals surface area contributed by atoms with E-state index in [9.17, 15) is 4.79 Å². The van der Waals surface area contributed by atoms with Crippen LogP contribution in [-0.4, -0.2) is 29.0 Å². The summed E-state index contributed by atoms with van der Waals surface area (Å²) in [5.41, 5.74) is 2.86. The second kappa shape index (κ2) is 6.61. The summed E-state index contributed by atoms with van der Waals surface area (Å²) in [6.07, 6.45) is 3.41. The molecular weight excluding hydrogens is 318 g/mol. The molecule has 2 heterocycles. The molecule has 1 N–H and O–H groups in total. The van der Waals surface area contributed by atoms with Gasteiger partial charge in [-0.3, -0.25) is 0 Å². The molecule has 24 heavy (non-hydrogen) atoms. The first-order valence-electron chi connectivity index (χ1n) is 8.31. The molecule has 0 unspecified atom stereocenters. The number of nitrogens with one attached hydrogen (secondary N) is 1. The van der Waals surface area contributed by atoms with Gasteiger partial charge in [0.05, 0.1) is 10.2 Å². The number of amides is 2. The summed E-state index contributed by atoms with van der Waals surface area (Å²) in [5, 5.41) is 4.01. The number of fused-ring (bicyclic) bond motifs is 1. The summed E-state index contributed by atoms with van der Waals surface area (Å²) in [6.45, 7) is 1.70. The molecule has 2 amide bonds. The summed E-state index contributed by atoms with van der Waals surface area (Å²) >= 11 is 1.67. The first kappa shape index (κ1) is 15.1. The van der Waals surface area contributed by atoms with Crippen LogP contribution >= 0.6 is 11.3 Å².